The molecule has 1 N–H and O–H groups in total. The van der Waals surface area contributed by atoms with Crippen LogP contribution in [0.2, 0.25) is 0 Å². The second kappa shape index (κ2) is 7.37. The lowest BCUT2D eigenvalue weighted by molar-refractivity contribution is 0.661. The van der Waals surface area contributed by atoms with E-state index in [1.54, 1.807) is 0 Å². The van der Waals surface area contributed by atoms with Crippen LogP contribution in [0.3, 0.4) is 0 Å². The van der Waals surface area contributed by atoms with Gasteiger partial charge in [0.1, 0.15) is 0 Å². The van der Waals surface area contributed by atoms with Gasteiger partial charge < -0.3 is 5.32 Å². The predicted octanol–water partition coefficient (Wildman–Crippen LogP) is 4.19. The van der Waals surface area contributed by atoms with E-state index in [9.17, 15) is 0 Å². The first-order chi connectivity index (χ1) is 9.29. The fourth-order valence-electron chi connectivity index (χ4n) is 2.01. The number of hydrogen-bond donors (Lipinski definition) is 1. The largest absolute Gasteiger partial charge is 0.312 e. The molecule has 0 bridgehead atoms. The molecule has 0 saturated carbocycles. The Kier molecular flexibility index (Phi) is 5.49. The van der Waals surface area contributed by atoms with E-state index in [0.29, 0.717) is 6.04 Å². The quantitative estimate of drug-likeness (QED) is 0.845. The summed E-state index contributed by atoms with van der Waals surface area (Å²) in [5, 5.41) is 3.40. The van der Waals surface area contributed by atoms with Crippen molar-refractivity contribution in [3.05, 3.63) is 71.3 Å². The number of hydrogen-bond acceptors (Lipinski definition) is 2. The summed E-state index contributed by atoms with van der Waals surface area (Å²) >= 11 is 1.98. The average Bonchev–Trinajstić information content (AvgIpc) is 2.46. The van der Waals surface area contributed by atoms with Crippen LogP contribution >= 0.6 is 11.8 Å². The molecule has 19 heavy (non-hydrogen) atoms. The molecule has 0 aliphatic heterocycles. The van der Waals surface area contributed by atoms with Crippen LogP contribution in [0.1, 0.15) is 22.7 Å². The van der Waals surface area contributed by atoms with Crippen LogP contribution in [0, 0.1) is 6.92 Å². The van der Waals surface area contributed by atoms with E-state index in [4.69, 9.17) is 0 Å². The second-order valence-corrected chi connectivity index (χ2v) is 5.78. The first-order valence-corrected chi connectivity index (χ1v) is 7.80. The van der Waals surface area contributed by atoms with E-state index in [0.717, 1.165) is 11.5 Å². The lowest BCUT2D eigenvalue weighted by Crippen LogP contribution is -2.18. The number of thioether (sulfide) groups is 1. The highest BCUT2D eigenvalue weighted by Gasteiger charge is 2.08. The maximum atomic E-state index is 3.40. The van der Waals surface area contributed by atoms with Crippen molar-refractivity contribution in [1.82, 2.24) is 5.32 Å². The van der Waals surface area contributed by atoms with Crippen molar-refractivity contribution >= 4 is 11.8 Å². The van der Waals surface area contributed by atoms with Crippen LogP contribution in [-0.4, -0.2) is 12.8 Å². The Morgan fingerprint density at radius 2 is 1.68 bits per heavy atom. The van der Waals surface area contributed by atoms with Crippen molar-refractivity contribution < 1.29 is 0 Å². The summed E-state index contributed by atoms with van der Waals surface area (Å²) in [5.41, 5.74) is 4.08. The Labute approximate surface area is 120 Å². The summed E-state index contributed by atoms with van der Waals surface area (Å²) in [6, 6.07) is 19.9. The zero-order valence-corrected chi connectivity index (χ0v) is 12.4. The van der Waals surface area contributed by atoms with Gasteiger partial charge in [-0.05, 0) is 25.1 Å². The molecule has 2 heteroatoms. The van der Waals surface area contributed by atoms with E-state index in [-0.39, 0.29) is 0 Å². The zero-order valence-electron chi connectivity index (χ0n) is 11.6. The summed E-state index contributed by atoms with van der Waals surface area (Å²) < 4.78 is 0. The maximum Gasteiger partial charge on any atom is 0.0409 e. The number of aryl methyl sites for hydroxylation is 1. The van der Waals surface area contributed by atoms with Crippen molar-refractivity contribution in [1.29, 1.82) is 0 Å². The van der Waals surface area contributed by atoms with Crippen LogP contribution in [-0.2, 0) is 5.75 Å². The molecule has 0 fully saturated rings. The molecular formula is C17H21NS. The topological polar surface area (TPSA) is 12.0 Å². The molecule has 1 unspecified atom stereocenters. The van der Waals surface area contributed by atoms with Gasteiger partial charge in [0, 0.05) is 17.5 Å². The van der Waals surface area contributed by atoms with E-state index in [1.165, 1.54) is 16.7 Å². The molecule has 0 aliphatic carbocycles. The van der Waals surface area contributed by atoms with E-state index >= 15 is 0 Å². The summed E-state index contributed by atoms with van der Waals surface area (Å²) in [7, 11) is 2.04. The summed E-state index contributed by atoms with van der Waals surface area (Å²) in [4.78, 5) is 0. The summed E-state index contributed by atoms with van der Waals surface area (Å²) in [5.74, 6) is 2.17. The minimum atomic E-state index is 0.425. The molecule has 2 rings (SSSR count). The lowest BCUT2D eigenvalue weighted by Gasteiger charge is -2.16. The summed E-state index contributed by atoms with van der Waals surface area (Å²) in [6.07, 6.45) is 0. The van der Waals surface area contributed by atoms with E-state index < -0.39 is 0 Å². The van der Waals surface area contributed by atoms with Gasteiger partial charge in [-0.1, -0.05) is 60.2 Å². The Morgan fingerprint density at radius 3 is 2.32 bits per heavy atom. The van der Waals surface area contributed by atoms with E-state index in [1.807, 2.05) is 18.8 Å². The smallest absolute Gasteiger partial charge is 0.0409 e. The third kappa shape index (κ3) is 4.41. The average molecular weight is 271 g/mol. The molecule has 0 saturated heterocycles. The molecule has 2 aromatic rings. The Bertz CT molecular complexity index is 478. The normalized spacial score (nSPS) is 12.3. The fraction of sp³-hybridized carbons (Fsp3) is 0.294. The molecule has 0 heterocycles. The van der Waals surface area contributed by atoms with Gasteiger partial charge in [0.15, 0.2) is 0 Å². The molecule has 0 radical (unpaired) electrons. The lowest BCUT2D eigenvalue weighted by atomic mass is 10.1. The highest BCUT2D eigenvalue weighted by Crippen LogP contribution is 2.21. The molecule has 1 nitrogen and oxygen atoms in total. The van der Waals surface area contributed by atoms with Crippen molar-refractivity contribution in [2.45, 2.75) is 18.7 Å². The monoisotopic (exact) mass is 271 g/mol. The van der Waals surface area contributed by atoms with Gasteiger partial charge in [-0.2, -0.15) is 11.8 Å². The van der Waals surface area contributed by atoms with Gasteiger partial charge in [0.2, 0.25) is 0 Å². The standard InChI is InChI=1S/C17H21NS/c1-14-8-10-16(11-9-14)17(18-2)13-19-12-15-6-4-3-5-7-15/h3-11,17-18H,12-13H2,1-2H3. The molecule has 100 valence electrons. The Hall–Kier alpha value is -1.25. The molecular weight excluding hydrogens is 250 g/mol. The van der Waals surface area contributed by atoms with Gasteiger partial charge in [-0.25, -0.2) is 0 Å². The van der Waals surface area contributed by atoms with Gasteiger partial charge in [0.25, 0.3) is 0 Å². The number of rotatable bonds is 6. The van der Waals surface area contributed by atoms with Gasteiger partial charge in [-0.3, -0.25) is 0 Å². The number of benzene rings is 2. The van der Waals surface area contributed by atoms with Crippen LogP contribution < -0.4 is 5.32 Å². The Balaban J connectivity index is 1.87. The van der Waals surface area contributed by atoms with Crippen molar-refractivity contribution in [2.24, 2.45) is 0 Å². The molecule has 1 atom stereocenters. The van der Waals surface area contributed by atoms with Crippen molar-refractivity contribution in [2.75, 3.05) is 12.8 Å². The second-order valence-electron chi connectivity index (χ2n) is 4.75. The predicted molar refractivity (Wildman–Crippen MR) is 85.6 cm³/mol. The van der Waals surface area contributed by atoms with Gasteiger partial charge in [0.05, 0.1) is 0 Å². The zero-order chi connectivity index (χ0) is 13.5. The highest BCUT2D eigenvalue weighted by atomic mass is 32.2. The van der Waals surface area contributed by atoms with Gasteiger partial charge in [-0.15, -0.1) is 0 Å². The van der Waals surface area contributed by atoms with Crippen molar-refractivity contribution in [3.8, 4) is 0 Å². The first-order valence-electron chi connectivity index (χ1n) is 6.65. The highest BCUT2D eigenvalue weighted by molar-refractivity contribution is 7.98. The first kappa shape index (κ1) is 14.2. The third-order valence-corrected chi connectivity index (χ3v) is 4.33. The minimum Gasteiger partial charge on any atom is -0.312 e. The third-order valence-electron chi connectivity index (χ3n) is 3.22. The molecule has 0 aromatic heterocycles. The van der Waals surface area contributed by atoms with Crippen LogP contribution in [0.25, 0.3) is 0 Å². The van der Waals surface area contributed by atoms with Crippen LogP contribution in [0.15, 0.2) is 54.6 Å². The number of nitrogens with one attached hydrogen (secondary N) is 1. The fourth-order valence-corrected chi connectivity index (χ4v) is 3.15. The minimum absolute atomic E-state index is 0.425. The van der Waals surface area contributed by atoms with Crippen LogP contribution in [0.4, 0.5) is 0 Å². The molecule has 0 aliphatic rings. The van der Waals surface area contributed by atoms with Gasteiger partial charge >= 0.3 is 0 Å². The molecule has 0 amide bonds. The maximum absolute atomic E-state index is 3.40. The molecule has 0 spiro atoms. The van der Waals surface area contributed by atoms with Crippen LogP contribution in [0.5, 0.6) is 0 Å². The SMILES string of the molecule is CNC(CSCc1ccccc1)c1ccc(C)cc1. The van der Waals surface area contributed by atoms with Crippen molar-refractivity contribution in [3.63, 3.8) is 0 Å². The summed E-state index contributed by atoms with van der Waals surface area (Å²) in [6.45, 7) is 2.13. The Morgan fingerprint density at radius 1 is 1.00 bits per heavy atom. The van der Waals surface area contributed by atoms with E-state index in [2.05, 4.69) is 66.8 Å². The molecule has 2 aromatic carbocycles.